The van der Waals surface area contributed by atoms with Gasteiger partial charge in [0.05, 0.1) is 11.5 Å². The number of ether oxygens (including phenoxy) is 1. The van der Waals surface area contributed by atoms with E-state index in [-0.39, 0.29) is 6.04 Å². The molecule has 1 aromatic carbocycles. The van der Waals surface area contributed by atoms with Gasteiger partial charge in [0.1, 0.15) is 5.75 Å². The molecule has 0 aliphatic carbocycles. The van der Waals surface area contributed by atoms with Gasteiger partial charge in [-0.25, -0.2) is 8.42 Å². The second-order valence-corrected chi connectivity index (χ2v) is 7.70. The van der Waals surface area contributed by atoms with E-state index in [9.17, 15) is 8.42 Å². The van der Waals surface area contributed by atoms with Crippen LogP contribution in [0.4, 0.5) is 0 Å². The number of benzene rings is 1. The quantitative estimate of drug-likeness (QED) is 0.907. The molecule has 1 aromatic rings. The average Bonchev–Trinajstić information content (AvgIpc) is 2.77. The van der Waals surface area contributed by atoms with Crippen LogP contribution in [0.5, 0.6) is 5.75 Å². The van der Waals surface area contributed by atoms with Gasteiger partial charge in [0.2, 0.25) is 10.0 Å². The number of hydrogen-bond acceptors (Lipinski definition) is 4. The Morgan fingerprint density at radius 3 is 2.57 bits per heavy atom. The fourth-order valence-electron chi connectivity index (χ4n) is 2.99. The predicted molar refractivity (Wildman–Crippen MR) is 80.7 cm³/mol. The van der Waals surface area contributed by atoms with Gasteiger partial charge >= 0.3 is 0 Å². The first-order valence-electron chi connectivity index (χ1n) is 7.61. The molecular weight excluding hydrogens is 288 g/mol. The van der Waals surface area contributed by atoms with Crippen LogP contribution in [0, 0.1) is 0 Å². The maximum absolute atomic E-state index is 12.8. The van der Waals surface area contributed by atoms with E-state index in [4.69, 9.17) is 10.5 Å². The smallest absolute Gasteiger partial charge is 0.243 e. The molecule has 0 saturated carbocycles. The first kappa shape index (κ1) is 14.8. The van der Waals surface area contributed by atoms with Crippen LogP contribution >= 0.6 is 0 Å². The molecule has 3 rings (SSSR count). The van der Waals surface area contributed by atoms with Crippen LogP contribution in [0.2, 0.25) is 0 Å². The molecule has 0 aromatic heterocycles. The highest BCUT2D eigenvalue weighted by Gasteiger charge is 2.27. The van der Waals surface area contributed by atoms with Gasteiger partial charge in [0, 0.05) is 31.1 Å². The monoisotopic (exact) mass is 310 g/mol. The van der Waals surface area contributed by atoms with Gasteiger partial charge in [0.25, 0.3) is 0 Å². The van der Waals surface area contributed by atoms with Crippen LogP contribution in [0.1, 0.15) is 43.7 Å². The van der Waals surface area contributed by atoms with Gasteiger partial charge in [-0.1, -0.05) is 12.8 Å². The highest BCUT2D eigenvalue weighted by molar-refractivity contribution is 7.89. The molecule has 1 saturated heterocycles. The fraction of sp³-hybridized carbons (Fsp3) is 0.600. The molecule has 0 bridgehead atoms. The summed E-state index contributed by atoms with van der Waals surface area (Å²) < 4.78 is 32.7. The van der Waals surface area contributed by atoms with Crippen molar-refractivity contribution in [2.24, 2.45) is 5.73 Å². The Labute approximate surface area is 126 Å². The summed E-state index contributed by atoms with van der Waals surface area (Å²) in [4.78, 5) is 0.337. The lowest BCUT2D eigenvalue weighted by Crippen LogP contribution is -2.32. The molecule has 1 fully saturated rings. The molecule has 6 heteroatoms. The van der Waals surface area contributed by atoms with Crippen LogP contribution in [-0.2, 0) is 10.0 Å². The molecule has 0 spiro atoms. The Morgan fingerprint density at radius 1 is 1.14 bits per heavy atom. The molecule has 2 aliphatic heterocycles. The van der Waals surface area contributed by atoms with Gasteiger partial charge in [-0.3, -0.25) is 0 Å². The van der Waals surface area contributed by atoms with Crippen molar-refractivity contribution >= 4 is 10.0 Å². The first-order valence-corrected chi connectivity index (χ1v) is 9.05. The molecule has 116 valence electrons. The zero-order valence-electron chi connectivity index (χ0n) is 12.1. The third-order valence-corrected chi connectivity index (χ3v) is 6.16. The lowest BCUT2D eigenvalue weighted by Gasteiger charge is -2.25. The third kappa shape index (κ3) is 2.93. The largest absolute Gasteiger partial charge is 0.493 e. The minimum absolute atomic E-state index is 0.145. The van der Waals surface area contributed by atoms with E-state index >= 15 is 0 Å². The molecule has 1 unspecified atom stereocenters. The van der Waals surface area contributed by atoms with Crippen LogP contribution in [0.15, 0.2) is 23.1 Å². The van der Waals surface area contributed by atoms with Crippen LogP contribution in [-0.4, -0.2) is 32.4 Å². The third-order valence-electron chi connectivity index (χ3n) is 4.27. The highest BCUT2D eigenvalue weighted by atomic mass is 32.2. The number of sulfonamides is 1. The van der Waals surface area contributed by atoms with E-state index in [1.165, 1.54) is 0 Å². The van der Waals surface area contributed by atoms with E-state index in [1.807, 2.05) is 0 Å². The SMILES string of the molecule is NC1CCOc2ccc(S(=O)(=O)N3CCCCCC3)cc21. The maximum atomic E-state index is 12.8. The number of nitrogens with two attached hydrogens (primary N) is 1. The molecule has 21 heavy (non-hydrogen) atoms. The highest BCUT2D eigenvalue weighted by Crippen LogP contribution is 2.33. The van der Waals surface area contributed by atoms with Crippen LogP contribution < -0.4 is 10.5 Å². The lowest BCUT2D eigenvalue weighted by atomic mass is 10.0. The second-order valence-electron chi connectivity index (χ2n) is 5.76. The summed E-state index contributed by atoms with van der Waals surface area (Å²) in [6.45, 7) is 1.82. The lowest BCUT2D eigenvalue weighted by molar-refractivity contribution is 0.268. The van der Waals surface area contributed by atoms with Gasteiger partial charge < -0.3 is 10.5 Å². The summed E-state index contributed by atoms with van der Waals surface area (Å²) in [7, 11) is -3.42. The first-order chi connectivity index (χ1) is 10.1. The molecule has 0 amide bonds. The minimum atomic E-state index is -3.42. The summed E-state index contributed by atoms with van der Waals surface area (Å²) in [5.41, 5.74) is 6.88. The Bertz CT molecular complexity index is 607. The molecule has 2 N–H and O–H groups in total. The van der Waals surface area contributed by atoms with E-state index in [0.717, 1.165) is 37.7 Å². The standard InChI is InChI=1S/C15H22N2O3S/c16-14-7-10-20-15-6-5-12(11-13(14)15)21(18,19)17-8-3-1-2-4-9-17/h5-6,11,14H,1-4,7-10,16H2. The normalized spacial score (nSPS) is 24.0. The van der Waals surface area contributed by atoms with Crippen molar-refractivity contribution in [3.8, 4) is 5.75 Å². The topological polar surface area (TPSA) is 72.6 Å². The van der Waals surface area contributed by atoms with Crippen molar-refractivity contribution in [1.82, 2.24) is 4.31 Å². The molecule has 5 nitrogen and oxygen atoms in total. The van der Waals surface area contributed by atoms with Crippen molar-refractivity contribution in [1.29, 1.82) is 0 Å². The molecule has 1 atom stereocenters. The van der Waals surface area contributed by atoms with Crippen molar-refractivity contribution in [2.45, 2.75) is 43.0 Å². The fourth-order valence-corrected chi connectivity index (χ4v) is 4.54. The number of nitrogens with zero attached hydrogens (tertiary/aromatic N) is 1. The van der Waals surface area contributed by atoms with E-state index in [0.29, 0.717) is 30.3 Å². The van der Waals surface area contributed by atoms with E-state index < -0.39 is 10.0 Å². The minimum Gasteiger partial charge on any atom is -0.493 e. The van der Waals surface area contributed by atoms with Crippen molar-refractivity contribution in [3.63, 3.8) is 0 Å². The molecule has 2 aliphatic rings. The Hall–Kier alpha value is -1.11. The number of fused-ring (bicyclic) bond motifs is 1. The van der Waals surface area contributed by atoms with Crippen LogP contribution in [0.3, 0.4) is 0 Å². The summed E-state index contributed by atoms with van der Waals surface area (Å²) in [6, 6.07) is 4.92. The van der Waals surface area contributed by atoms with Crippen molar-refractivity contribution < 1.29 is 13.2 Å². The summed E-state index contributed by atoms with van der Waals surface area (Å²) in [5, 5.41) is 0. The summed E-state index contributed by atoms with van der Waals surface area (Å²) in [6.07, 6.45) is 4.81. The number of hydrogen-bond donors (Lipinski definition) is 1. The number of rotatable bonds is 2. The van der Waals surface area contributed by atoms with Crippen molar-refractivity contribution in [3.05, 3.63) is 23.8 Å². The van der Waals surface area contributed by atoms with Crippen LogP contribution in [0.25, 0.3) is 0 Å². The Balaban J connectivity index is 1.93. The van der Waals surface area contributed by atoms with E-state index in [2.05, 4.69) is 0 Å². The zero-order chi connectivity index (χ0) is 14.9. The second kappa shape index (κ2) is 5.94. The molecular formula is C15H22N2O3S. The summed E-state index contributed by atoms with van der Waals surface area (Å²) >= 11 is 0. The van der Waals surface area contributed by atoms with E-state index in [1.54, 1.807) is 22.5 Å². The Morgan fingerprint density at radius 2 is 1.86 bits per heavy atom. The molecule has 0 radical (unpaired) electrons. The maximum Gasteiger partial charge on any atom is 0.243 e. The van der Waals surface area contributed by atoms with Gasteiger partial charge in [0.15, 0.2) is 0 Å². The summed E-state index contributed by atoms with van der Waals surface area (Å²) in [5.74, 6) is 0.712. The van der Waals surface area contributed by atoms with Gasteiger partial charge in [-0.15, -0.1) is 0 Å². The average molecular weight is 310 g/mol. The predicted octanol–water partition coefficient (Wildman–Crippen LogP) is 2.03. The van der Waals surface area contributed by atoms with Gasteiger partial charge in [-0.2, -0.15) is 4.31 Å². The van der Waals surface area contributed by atoms with Gasteiger partial charge in [-0.05, 0) is 31.0 Å². The zero-order valence-corrected chi connectivity index (χ0v) is 12.9. The van der Waals surface area contributed by atoms with Crippen molar-refractivity contribution in [2.75, 3.05) is 19.7 Å². The Kier molecular flexibility index (Phi) is 4.19. The molecule has 2 heterocycles.